The second kappa shape index (κ2) is 8.17. The summed E-state index contributed by atoms with van der Waals surface area (Å²) in [6.45, 7) is 3.00. The number of carbonyl (C=O) groups is 2. The summed E-state index contributed by atoms with van der Waals surface area (Å²) in [5.74, 6) is -0.0463. The smallest absolute Gasteiger partial charge is 0.223 e. The lowest BCUT2D eigenvalue weighted by Gasteiger charge is -2.36. The van der Waals surface area contributed by atoms with E-state index in [1.54, 1.807) is 24.3 Å². The molecule has 1 fully saturated rings. The Morgan fingerprint density at radius 3 is 2.16 bits per heavy atom. The zero-order chi connectivity index (χ0) is 17.6. The molecule has 1 saturated heterocycles. The van der Waals surface area contributed by atoms with E-state index in [-0.39, 0.29) is 24.5 Å². The summed E-state index contributed by atoms with van der Waals surface area (Å²) in [5.41, 5.74) is 1.68. The Hall–Kier alpha value is -2.33. The quantitative estimate of drug-likeness (QED) is 0.768. The molecule has 0 N–H and O–H groups in total. The van der Waals surface area contributed by atoms with Gasteiger partial charge >= 0.3 is 0 Å². The van der Waals surface area contributed by atoms with Gasteiger partial charge in [0.2, 0.25) is 5.91 Å². The third-order valence-corrected chi connectivity index (χ3v) is 4.82. The number of ketones is 1. The minimum atomic E-state index is -0.0816. The molecule has 25 heavy (non-hydrogen) atoms. The predicted octanol–water partition coefficient (Wildman–Crippen LogP) is 3.65. The number of para-hydroxylation sites is 1. The number of hydrogen-bond acceptors (Lipinski definition) is 3. The van der Waals surface area contributed by atoms with Gasteiger partial charge in [0.1, 0.15) is 0 Å². The van der Waals surface area contributed by atoms with Crippen LogP contribution in [0.5, 0.6) is 0 Å². The van der Waals surface area contributed by atoms with Gasteiger partial charge in [0.25, 0.3) is 0 Å². The van der Waals surface area contributed by atoms with E-state index >= 15 is 0 Å². The Morgan fingerprint density at radius 1 is 0.840 bits per heavy atom. The van der Waals surface area contributed by atoms with Crippen LogP contribution in [0.2, 0.25) is 5.02 Å². The number of benzene rings is 2. The number of Topliss-reactive ketones (excluding diaryl/α,β-unsaturated/α-hetero) is 1. The lowest BCUT2D eigenvalue weighted by atomic mass is 10.1. The number of piperazine rings is 1. The SMILES string of the molecule is O=C(CCC(=O)N1CCN(c2ccccc2)CC1)c1ccccc1Cl. The van der Waals surface area contributed by atoms with Gasteiger partial charge in [0, 0.05) is 50.3 Å². The van der Waals surface area contributed by atoms with Crippen LogP contribution in [0.15, 0.2) is 54.6 Å². The van der Waals surface area contributed by atoms with E-state index in [4.69, 9.17) is 11.6 Å². The largest absolute Gasteiger partial charge is 0.368 e. The first-order chi connectivity index (χ1) is 12.1. The average molecular weight is 357 g/mol. The van der Waals surface area contributed by atoms with Crippen molar-refractivity contribution >= 4 is 29.0 Å². The summed E-state index contributed by atoms with van der Waals surface area (Å²) in [4.78, 5) is 28.7. The van der Waals surface area contributed by atoms with E-state index in [1.807, 2.05) is 23.1 Å². The molecule has 1 aliphatic rings. The van der Waals surface area contributed by atoms with Crippen LogP contribution in [-0.4, -0.2) is 42.8 Å². The molecule has 4 nitrogen and oxygen atoms in total. The Balaban J connectivity index is 1.48. The van der Waals surface area contributed by atoms with Crippen molar-refractivity contribution in [3.63, 3.8) is 0 Å². The van der Waals surface area contributed by atoms with Crippen molar-refractivity contribution in [1.82, 2.24) is 4.90 Å². The van der Waals surface area contributed by atoms with Crippen molar-refractivity contribution < 1.29 is 9.59 Å². The summed E-state index contributed by atoms with van der Waals surface area (Å²) in [7, 11) is 0. The van der Waals surface area contributed by atoms with Crippen LogP contribution in [0.25, 0.3) is 0 Å². The van der Waals surface area contributed by atoms with Gasteiger partial charge in [0.15, 0.2) is 5.78 Å². The maximum atomic E-state index is 12.4. The van der Waals surface area contributed by atoms with Gasteiger partial charge in [0.05, 0.1) is 5.02 Å². The topological polar surface area (TPSA) is 40.6 Å². The highest BCUT2D eigenvalue weighted by molar-refractivity contribution is 6.34. The van der Waals surface area contributed by atoms with E-state index in [2.05, 4.69) is 17.0 Å². The highest BCUT2D eigenvalue weighted by Crippen LogP contribution is 2.19. The molecule has 0 aliphatic carbocycles. The van der Waals surface area contributed by atoms with Gasteiger partial charge in [-0.25, -0.2) is 0 Å². The number of nitrogens with zero attached hydrogens (tertiary/aromatic N) is 2. The summed E-state index contributed by atoms with van der Waals surface area (Å²) in [6.07, 6.45) is 0.427. The van der Waals surface area contributed by atoms with E-state index in [1.165, 1.54) is 5.69 Å². The number of rotatable bonds is 5. The molecular weight excluding hydrogens is 336 g/mol. The maximum absolute atomic E-state index is 12.4. The molecule has 1 aliphatic heterocycles. The lowest BCUT2D eigenvalue weighted by Crippen LogP contribution is -2.48. The Kier molecular flexibility index (Phi) is 5.71. The van der Waals surface area contributed by atoms with E-state index in [0.29, 0.717) is 23.7 Å². The van der Waals surface area contributed by atoms with Gasteiger partial charge < -0.3 is 9.80 Å². The summed E-state index contributed by atoms with van der Waals surface area (Å²) in [5, 5.41) is 0.441. The van der Waals surface area contributed by atoms with Gasteiger partial charge in [-0.1, -0.05) is 41.9 Å². The lowest BCUT2D eigenvalue weighted by molar-refractivity contribution is -0.131. The molecule has 0 bridgehead atoms. The summed E-state index contributed by atoms with van der Waals surface area (Å²) >= 11 is 6.04. The van der Waals surface area contributed by atoms with Crippen molar-refractivity contribution in [2.45, 2.75) is 12.8 Å². The van der Waals surface area contributed by atoms with Gasteiger partial charge in [-0.15, -0.1) is 0 Å². The molecule has 0 radical (unpaired) electrons. The zero-order valence-electron chi connectivity index (χ0n) is 14.0. The van der Waals surface area contributed by atoms with E-state index in [0.717, 1.165) is 13.1 Å². The fourth-order valence-corrected chi connectivity index (χ4v) is 3.29. The van der Waals surface area contributed by atoms with Crippen molar-refractivity contribution in [2.75, 3.05) is 31.1 Å². The summed E-state index contributed by atoms with van der Waals surface area (Å²) < 4.78 is 0. The van der Waals surface area contributed by atoms with Gasteiger partial charge in [-0.2, -0.15) is 0 Å². The molecule has 3 rings (SSSR count). The summed E-state index contributed by atoms with van der Waals surface area (Å²) in [6, 6.07) is 17.2. The molecule has 1 amide bonds. The third kappa shape index (κ3) is 4.40. The first-order valence-electron chi connectivity index (χ1n) is 8.50. The van der Waals surface area contributed by atoms with Crippen molar-refractivity contribution in [1.29, 1.82) is 0 Å². The molecule has 0 unspecified atom stereocenters. The van der Waals surface area contributed by atoms with Crippen LogP contribution in [0, 0.1) is 0 Å². The number of halogens is 1. The van der Waals surface area contributed by atoms with Gasteiger partial charge in [-0.05, 0) is 24.3 Å². The second-order valence-electron chi connectivity index (χ2n) is 6.11. The fourth-order valence-electron chi connectivity index (χ4n) is 3.05. The molecule has 2 aromatic carbocycles. The Bertz CT molecular complexity index is 740. The monoisotopic (exact) mass is 356 g/mol. The minimum Gasteiger partial charge on any atom is -0.368 e. The first-order valence-corrected chi connectivity index (χ1v) is 8.88. The third-order valence-electron chi connectivity index (χ3n) is 4.49. The van der Waals surface area contributed by atoms with Crippen molar-refractivity contribution in [3.8, 4) is 0 Å². The molecule has 0 atom stereocenters. The van der Waals surface area contributed by atoms with Crippen LogP contribution in [-0.2, 0) is 4.79 Å². The molecular formula is C20H21ClN2O2. The average Bonchev–Trinajstić information content (AvgIpc) is 2.67. The first kappa shape index (κ1) is 17.5. The molecule has 1 heterocycles. The number of amides is 1. The van der Waals surface area contributed by atoms with Crippen LogP contribution in [0.1, 0.15) is 23.2 Å². The van der Waals surface area contributed by atoms with E-state index < -0.39 is 0 Å². The van der Waals surface area contributed by atoms with Crippen molar-refractivity contribution in [3.05, 3.63) is 65.2 Å². The molecule has 0 saturated carbocycles. The van der Waals surface area contributed by atoms with Crippen molar-refractivity contribution in [2.24, 2.45) is 0 Å². The number of hydrogen-bond donors (Lipinski definition) is 0. The zero-order valence-corrected chi connectivity index (χ0v) is 14.8. The highest BCUT2D eigenvalue weighted by atomic mass is 35.5. The van der Waals surface area contributed by atoms with Crippen LogP contribution < -0.4 is 4.90 Å². The van der Waals surface area contributed by atoms with Crippen LogP contribution in [0.4, 0.5) is 5.69 Å². The second-order valence-corrected chi connectivity index (χ2v) is 6.51. The minimum absolute atomic E-state index is 0.0353. The fraction of sp³-hybridized carbons (Fsp3) is 0.300. The Morgan fingerprint density at radius 2 is 1.48 bits per heavy atom. The van der Waals surface area contributed by atoms with Gasteiger partial charge in [-0.3, -0.25) is 9.59 Å². The molecule has 5 heteroatoms. The predicted molar refractivity (Wildman–Crippen MR) is 100 cm³/mol. The molecule has 0 spiro atoms. The van der Waals surface area contributed by atoms with E-state index in [9.17, 15) is 9.59 Å². The Labute approximate surface area is 153 Å². The highest BCUT2D eigenvalue weighted by Gasteiger charge is 2.22. The molecule has 0 aromatic heterocycles. The molecule has 130 valence electrons. The standard InChI is InChI=1S/C20H21ClN2O2/c21-18-9-5-4-8-17(18)19(24)10-11-20(25)23-14-12-22(13-15-23)16-6-2-1-3-7-16/h1-9H,10-15H2. The number of anilines is 1. The maximum Gasteiger partial charge on any atom is 0.223 e. The number of carbonyl (C=O) groups excluding carboxylic acids is 2. The van der Waals surface area contributed by atoms with Crippen LogP contribution >= 0.6 is 11.6 Å². The normalized spacial score (nSPS) is 14.4. The van der Waals surface area contributed by atoms with Crippen LogP contribution in [0.3, 0.4) is 0 Å². The molecule has 2 aromatic rings.